The van der Waals surface area contributed by atoms with Gasteiger partial charge in [-0.3, -0.25) is 4.79 Å². The van der Waals surface area contributed by atoms with Crippen LogP contribution in [0, 0.1) is 0 Å². The first kappa shape index (κ1) is 15.9. The summed E-state index contributed by atoms with van der Waals surface area (Å²) in [5.41, 5.74) is -0.279. The average molecular weight is 310 g/mol. The summed E-state index contributed by atoms with van der Waals surface area (Å²) >= 11 is 0. The van der Waals surface area contributed by atoms with Crippen LogP contribution in [0.3, 0.4) is 0 Å². The van der Waals surface area contributed by atoms with Gasteiger partial charge in [-0.2, -0.15) is 13.2 Å². The molecule has 2 aromatic carbocycles. The van der Waals surface area contributed by atoms with Crippen LogP contribution in [0.15, 0.2) is 42.5 Å². The number of rotatable bonds is 5. The van der Waals surface area contributed by atoms with Crippen LogP contribution in [0.5, 0.6) is 11.5 Å². The Balaban J connectivity index is 2.43. The zero-order valence-electron chi connectivity index (χ0n) is 11.7. The highest BCUT2D eigenvalue weighted by atomic mass is 19.4. The fourth-order valence-electron chi connectivity index (χ4n) is 1.98. The second-order valence-electron chi connectivity index (χ2n) is 4.45. The van der Waals surface area contributed by atoms with Gasteiger partial charge in [0.1, 0.15) is 12.2 Å². The minimum atomic E-state index is -4.61. The molecule has 2 aromatic rings. The van der Waals surface area contributed by atoms with Crippen LogP contribution >= 0.6 is 0 Å². The predicted molar refractivity (Wildman–Crippen MR) is 74.2 cm³/mol. The topological polar surface area (TPSA) is 35.5 Å². The third-order valence-electron chi connectivity index (χ3n) is 3.01. The van der Waals surface area contributed by atoms with Crippen molar-refractivity contribution in [2.45, 2.75) is 12.8 Å². The molecule has 0 radical (unpaired) electrons. The maximum atomic E-state index is 13.1. The lowest BCUT2D eigenvalue weighted by Gasteiger charge is -2.18. The predicted octanol–water partition coefficient (Wildman–Crippen LogP) is 4.11. The summed E-state index contributed by atoms with van der Waals surface area (Å²) in [5, 5.41) is 0. The average Bonchev–Trinajstić information content (AvgIpc) is 2.51. The summed E-state index contributed by atoms with van der Waals surface area (Å²) in [7, 11) is 1.19. The van der Waals surface area contributed by atoms with Gasteiger partial charge in [-0.15, -0.1) is 0 Å². The zero-order valence-corrected chi connectivity index (χ0v) is 11.7. The molecule has 0 saturated heterocycles. The zero-order chi connectivity index (χ0) is 16.2. The minimum Gasteiger partial charge on any atom is -0.492 e. The maximum Gasteiger partial charge on any atom is 0.420 e. The van der Waals surface area contributed by atoms with Crippen molar-refractivity contribution in [3.8, 4) is 11.5 Å². The Morgan fingerprint density at radius 1 is 1.05 bits per heavy atom. The van der Waals surface area contributed by atoms with E-state index in [0.717, 1.165) is 12.1 Å². The van der Waals surface area contributed by atoms with E-state index in [1.807, 2.05) is 0 Å². The van der Waals surface area contributed by atoms with Crippen LogP contribution in [0.1, 0.15) is 21.5 Å². The van der Waals surface area contributed by atoms with Gasteiger partial charge in [-0.25, -0.2) is 0 Å². The normalized spacial score (nSPS) is 11.1. The van der Waals surface area contributed by atoms with E-state index in [0.29, 0.717) is 11.8 Å². The molecule has 3 nitrogen and oxygen atoms in total. The quantitative estimate of drug-likeness (QED) is 0.780. The number of halogens is 3. The van der Waals surface area contributed by atoms with E-state index in [1.165, 1.54) is 7.11 Å². The Hall–Kier alpha value is -2.50. The molecule has 0 unspecified atom stereocenters. The molecular weight excluding hydrogens is 297 g/mol. The lowest BCUT2D eigenvalue weighted by molar-refractivity contribution is -0.139. The molecule has 0 atom stereocenters. The van der Waals surface area contributed by atoms with Crippen LogP contribution in [-0.4, -0.2) is 13.4 Å². The molecule has 0 amide bonds. The monoisotopic (exact) mass is 310 g/mol. The van der Waals surface area contributed by atoms with Gasteiger partial charge in [0.2, 0.25) is 0 Å². The number of carbonyl (C=O) groups is 1. The highest BCUT2D eigenvalue weighted by molar-refractivity contribution is 5.82. The molecule has 0 fully saturated rings. The summed E-state index contributed by atoms with van der Waals surface area (Å²) in [6.07, 6.45) is -4.19. The number of aldehydes is 1. The van der Waals surface area contributed by atoms with Crippen LogP contribution in [0.25, 0.3) is 0 Å². The van der Waals surface area contributed by atoms with Crippen LogP contribution in [0.4, 0.5) is 13.2 Å². The van der Waals surface area contributed by atoms with Crippen molar-refractivity contribution in [3.05, 3.63) is 59.2 Å². The van der Waals surface area contributed by atoms with Gasteiger partial charge in [0, 0.05) is 0 Å². The van der Waals surface area contributed by atoms with Crippen LogP contribution < -0.4 is 9.47 Å². The van der Waals surface area contributed by atoms with Crippen LogP contribution in [0.2, 0.25) is 0 Å². The number of benzene rings is 2. The first-order valence-electron chi connectivity index (χ1n) is 6.37. The number of carbonyl (C=O) groups excluding carboxylic acids is 1. The number of hydrogen-bond acceptors (Lipinski definition) is 3. The van der Waals surface area contributed by atoms with Crippen molar-refractivity contribution in [1.29, 1.82) is 0 Å². The van der Waals surface area contributed by atoms with Gasteiger partial charge >= 0.3 is 6.18 Å². The third kappa shape index (κ3) is 3.39. The molecule has 0 N–H and O–H groups in total. The summed E-state index contributed by atoms with van der Waals surface area (Å²) in [4.78, 5) is 11.0. The second-order valence-corrected chi connectivity index (χ2v) is 4.45. The fourth-order valence-corrected chi connectivity index (χ4v) is 1.98. The molecule has 116 valence electrons. The van der Waals surface area contributed by atoms with Crippen LogP contribution in [-0.2, 0) is 12.8 Å². The third-order valence-corrected chi connectivity index (χ3v) is 3.01. The molecular formula is C16H13F3O3. The molecule has 0 spiro atoms. The van der Waals surface area contributed by atoms with Gasteiger partial charge in [0.25, 0.3) is 0 Å². The van der Waals surface area contributed by atoms with Gasteiger partial charge < -0.3 is 9.47 Å². The Kier molecular flexibility index (Phi) is 4.70. The molecule has 0 aromatic heterocycles. The van der Waals surface area contributed by atoms with Crippen molar-refractivity contribution >= 4 is 6.29 Å². The molecule has 22 heavy (non-hydrogen) atoms. The van der Waals surface area contributed by atoms with Crippen molar-refractivity contribution in [1.82, 2.24) is 0 Å². The van der Waals surface area contributed by atoms with Crippen molar-refractivity contribution in [3.63, 3.8) is 0 Å². The van der Waals surface area contributed by atoms with E-state index in [9.17, 15) is 18.0 Å². The highest BCUT2D eigenvalue weighted by Gasteiger charge is 2.36. The lowest BCUT2D eigenvalue weighted by Crippen LogP contribution is -2.11. The summed E-state index contributed by atoms with van der Waals surface area (Å²) < 4.78 is 49.6. The Morgan fingerprint density at radius 3 is 2.27 bits per heavy atom. The molecule has 2 rings (SSSR count). The van der Waals surface area contributed by atoms with E-state index in [2.05, 4.69) is 0 Å². The van der Waals surface area contributed by atoms with Crippen molar-refractivity contribution in [2.75, 3.05) is 7.11 Å². The maximum absolute atomic E-state index is 13.1. The van der Waals surface area contributed by atoms with E-state index >= 15 is 0 Å². The number of methoxy groups -OCH3 is 1. The highest BCUT2D eigenvalue weighted by Crippen LogP contribution is 2.43. The molecule has 0 bridgehead atoms. The molecule has 0 aliphatic rings. The van der Waals surface area contributed by atoms with Gasteiger partial charge in [0.15, 0.2) is 17.8 Å². The second kappa shape index (κ2) is 6.51. The Morgan fingerprint density at radius 2 is 1.73 bits per heavy atom. The lowest BCUT2D eigenvalue weighted by atomic mass is 10.1. The largest absolute Gasteiger partial charge is 0.492 e. The summed E-state index contributed by atoms with van der Waals surface area (Å²) in [6.45, 7) is -0.0669. The summed E-state index contributed by atoms with van der Waals surface area (Å²) in [5.74, 6) is -0.704. The molecule has 0 aliphatic carbocycles. The Bertz CT molecular complexity index is 652. The van der Waals surface area contributed by atoms with E-state index in [4.69, 9.17) is 9.47 Å². The molecule has 0 aliphatic heterocycles. The first-order chi connectivity index (χ1) is 10.5. The molecule has 0 saturated carbocycles. The standard InChI is InChI=1S/C16H13F3O3/c1-21-14-12(9-20)7-8-13(16(17,18)19)15(14)22-10-11-5-3-2-4-6-11/h2-9H,10H2,1H3. The minimum absolute atomic E-state index is 0.00133. The van der Waals surface area contributed by atoms with E-state index in [-0.39, 0.29) is 17.9 Å². The first-order valence-corrected chi connectivity index (χ1v) is 6.37. The van der Waals surface area contributed by atoms with Gasteiger partial charge in [0.05, 0.1) is 12.7 Å². The van der Waals surface area contributed by atoms with Gasteiger partial charge in [-0.05, 0) is 17.7 Å². The number of alkyl halides is 3. The van der Waals surface area contributed by atoms with E-state index < -0.39 is 17.5 Å². The van der Waals surface area contributed by atoms with Crippen molar-refractivity contribution < 1.29 is 27.4 Å². The molecule has 0 heterocycles. The number of hydrogen-bond donors (Lipinski definition) is 0. The SMILES string of the molecule is COc1c(C=O)ccc(C(F)(F)F)c1OCc1ccccc1. The Labute approximate surface area is 125 Å². The molecule has 6 heteroatoms. The summed E-state index contributed by atoms with van der Waals surface area (Å²) in [6, 6.07) is 10.6. The van der Waals surface area contributed by atoms with Gasteiger partial charge in [-0.1, -0.05) is 30.3 Å². The number of ether oxygens (including phenoxy) is 2. The van der Waals surface area contributed by atoms with Crippen molar-refractivity contribution in [2.24, 2.45) is 0 Å². The van der Waals surface area contributed by atoms with E-state index in [1.54, 1.807) is 30.3 Å². The fraction of sp³-hybridized carbons (Fsp3) is 0.188. The smallest absolute Gasteiger partial charge is 0.420 e.